The zero-order valence-electron chi connectivity index (χ0n) is 14.1. The van der Waals surface area contributed by atoms with E-state index < -0.39 is 12.1 Å². The molecule has 0 bridgehead atoms. The van der Waals surface area contributed by atoms with Gasteiger partial charge < -0.3 is 14.8 Å². The van der Waals surface area contributed by atoms with E-state index in [9.17, 15) is 19.4 Å². The maximum absolute atomic E-state index is 13.2. The van der Waals surface area contributed by atoms with Crippen LogP contribution in [0.4, 0.5) is 9.18 Å². The van der Waals surface area contributed by atoms with Gasteiger partial charge in [0.25, 0.3) is 0 Å². The molecule has 0 radical (unpaired) electrons. The summed E-state index contributed by atoms with van der Waals surface area (Å²) < 4.78 is 15.3. The standard InChI is InChI=1S/C20H19FN2O3/c21-14-7-5-13(6-8-14)10-23-18-4-2-1-3-16(18)17-9-15(12-24)22(20(25)26)11-19(17)23/h1-8,15,24H,9-12H2,(H,25,26)/t15-/m0/s1. The van der Waals surface area contributed by atoms with Gasteiger partial charge in [-0.3, -0.25) is 4.90 Å². The van der Waals surface area contributed by atoms with Gasteiger partial charge in [0, 0.05) is 23.1 Å². The molecule has 0 aliphatic carbocycles. The monoisotopic (exact) mass is 354 g/mol. The zero-order chi connectivity index (χ0) is 18.3. The van der Waals surface area contributed by atoms with Gasteiger partial charge in [0.2, 0.25) is 0 Å². The second-order valence-corrected chi connectivity index (χ2v) is 6.61. The molecule has 5 nitrogen and oxygen atoms in total. The minimum atomic E-state index is -1.03. The second kappa shape index (κ2) is 6.46. The minimum Gasteiger partial charge on any atom is -0.465 e. The zero-order valence-corrected chi connectivity index (χ0v) is 14.1. The SMILES string of the molecule is O=C(O)N1Cc2c(c3ccccc3n2Cc2ccc(F)cc2)C[C@H]1CO. The molecule has 6 heteroatoms. The van der Waals surface area contributed by atoms with Gasteiger partial charge in [0.05, 0.1) is 19.2 Å². The van der Waals surface area contributed by atoms with E-state index in [2.05, 4.69) is 4.57 Å². The predicted octanol–water partition coefficient (Wildman–Crippen LogP) is 3.23. The Bertz CT molecular complexity index is 965. The largest absolute Gasteiger partial charge is 0.465 e. The number of benzene rings is 2. The number of carboxylic acid groups (broad SMARTS) is 1. The van der Waals surface area contributed by atoms with Crippen LogP contribution in [0.5, 0.6) is 0 Å². The number of aliphatic hydroxyl groups is 1. The van der Waals surface area contributed by atoms with Crippen molar-refractivity contribution >= 4 is 17.0 Å². The van der Waals surface area contributed by atoms with Gasteiger partial charge in [-0.25, -0.2) is 9.18 Å². The topological polar surface area (TPSA) is 65.7 Å². The molecule has 2 N–H and O–H groups in total. The third kappa shape index (κ3) is 2.72. The van der Waals surface area contributed by atoms with Crippen molar-refractivity contribution in [3.63, 3.8) is 0 Å². The molecule has 4 rings (SSSR count). The van der Waals surface area contributed by atoms with Gasteiger partial charge in [0.1, 0.15) is 5.82 Å². The smallest absolute Gasteiger partial charge is 0.407 e. The molecule has 3 aromatic rings. The first-order valence-electron chi connectivity index (χ1n) is 8.52. The highest BCUT2D eigenvalue weighted by atomic mass is 19.1. The molecule has 134 valence electrons. The predicted molar refractivity (Wildman–Crippen MR) is 95.6 cm³/mol. The van der Waals surface area contributed by atoms with Crippen molar-refractivity contribution in [1.29, 1.82) is 0 Å². The summed E-state index contributed by atoms with van der Waals surface area (Å²) in [6.45, 7) is 0.558. The Balaban J connectivity index is 1.84. The summed E-state index contributed by atoms with van der Waals surface area (Å²) in [5, 5.41) is 20.2. The fourth-order valence-corrected chi connectivity index (χ4v) is 3.81. The Morgan fingerprint density at radius 1 is 1.15 bits per heavy atom. The highest BCUT2D eigenvalue weighted by Crippen LogP contribution is 2.33. The summed E-state index contributed by atoms with van der Waals surface area (Å²) in [5.74, 6) is -0.281. The molecule has 2 heterocycles. The Hall–Kier alpha value is -2.86. The van der Waals surface area contributed by atoms with E-state index in [0.29, 0.717) is 13.0 Å². The quantitative estimate of drug-likeness (QED) is 0.759. The number of fused-ring (bicyclic) bond motifs is 3. The molecule has 1 aliphatic rings. The summed E-state index contributed by atoms with van der Waals surface area (Å²) >= 11 is 0. The summed E-state index contributed by atoms with van der Waals surface area (Å²) in [5.41, 5.74) is 3.98. The lowest BCUT2D eigenvalue weighted by Gasteiger charge is -2.33. The first-order valence-corrected chi connectivity index (χ1v) is 8.52. The van der Waals surface area contributed by atoms with Crippen molar-refractivity contribution in [3.8, 4) is 0 Å². The molecular formula is C20H19FN2O3. The molecule has 1 atom stereocenters. The molecule has 2 aromatic carbocycles. The summed E-state index contributed by atoms with van der Waals surface area (Å²) in [6.07, 6.45) is -0.553. The number of rotatable bonds is 3. The Morgan fingerprint density at radius 2 is 1.88 bits per heavy atom. The van der Waals surface area contributed by atoms with Crippen LogP contribution in [0.15, 0.2) is 48.5 Å². The van der Waals surface area contributed by atoms with Crippen molar-refractivity contribution in [2.75, 3.05) is 6.61 Å². The average Bonchev–Trinajstić information content (AvgIpc) is 2.95. The van der Waals surface area contributed by atoms with Crippen LogP contribution in [0.1, 0.15) is 16.8 Å². The van der Waals surface area contributed by atoms with Gasteiger partial charge in [-0.1, -0.05) is 30.3 Å². The summed E-state index contributed by atoms with van der Waals surface area (Å²) in [4.78, 5) is 12.9. The van der Waals surface area contributed by atoms with Crippen LogP contribution in [0.25, 0.3) is 10.9 Å². The summed E-state index contributed by atoms with van der Waals surface area (Å²) in [6, 6.07) is 13.9. The number of halogens is 1. The summed E-state index contributed by atoms with van der Waals surface area (Å²) in [7, 11) is 0. The fraction of sp³-hybridized carbons (Fsp3) is 0.250. The number of hydrogen-bond acceptors (Lipinski definition) is 2. The van der Waals surface area contributed by atoms with E-state index in [1.54, 1.807) is 12.1 Å². The molecule has 1 amide bonds. The van der Waals surface area contributed by atoms with Crippen molar-refractivity contribution in [3.05, 3.63) is 71.2 Å². The van der Waals surface area contributed by atoms with Crippen LogP contribution in [0.3, 0.4) is 0 Å². The van der Waals surface area contributed by atoms with Crippen LogP contribution in [-0.4, -0.2) is 38.4 Å². The normalized spacial score (nSPS) is 16.7. The van der Waals surface area contributed by atoms with Gasteiger partial charge >= 0.3 is 6.09 Å². The third-order valence-electron chi connectivity index (χ3n) is 5.11. The molecule has 0 fully saturated rings. The number of amides is 1. The van der Waals surface area contributed by atoms with Crippen LogP contribution in [-0.2, 0) is 19.5 Å². The maximum Gasteiger partial charge on any atom is 0.407 e. The van der Waals surface area contributed by atoms with E-state index in [0.717, 1.165) is 27.7 Å². The molecule has 0 saturated carbocycles. The van der Waals surface area contributed by atoms with E-state index >= 15 is 0 Å². The van der Waals surface area contributed by atoms with Crippen molar-refractivity contribution < 1.29 is 19.4 Å². The van der Waals surface area contributed by atoms with Crippen LogP contribution >= 0.6 is 0 Å². The lowest BCUT2D eigenvalue weighted by molar-refractivity contribution is 0.0860. The van der Waals surface area contributed by atoms with Crippen LogP contribution in [0.2, 0.25) is 0 Å². The maximum atomic E-state index is 13.2. The van der Waals surface area contributed by atoms with E-state index in [4.69, 9.17) is 0 Å². The molecule has 1 aromatic heterocycles. The first kappa shape index (κ1) is 16.6. The molecule has 0 spiro atoms. The second-order valence-electron chi connectivity index (χ2n) is 6.61. The number of carbonyl (C=O) groups is 1. The molecule has 0 saturated heterocycles. The van der Waals surface area contributed by atoms with Gasteiger partial charge in [-0.2, -0.15) is 0 Å². The molecule has 1 aliphatic heterocycles. The Labute approximate surface area is 149 Å². The van der Waals surface area contributed by atoms with Gasteiger partial charge in [-0.05, 0) is 35.7 Å². The van der Waals surface area contributed by atoms with E-state index in [1.165, 1.54) is 17.0 Å². The number of hydrogen-bond donors (Lipinski definition) is 2. The first-order chi connectivity index (χ1) is 12.6. The number of nitrogens with zero attached hydrogens (tertiary/aromatic N) is 2. The van der Waals surface area contributed by atoms with E-state index in [1.807, 2.05) is 24.3 Å². The number of aliphatic hydroxyl groups excluding tert-OH is 1. The van der Waals surface area contributed by atoms with Crippen molar-refractivity contribution in [1.82, 2.24) is 9.47 Å². The Morgan fingerprint density at radius 3 is 2.58 bits per heavy atom. The van der Waals surface area contributed by atoms with Gasteiger partial charge in [0.15, 0.2) is 0 Å². The lowest BCUT2D eigenvalue weighted by atomic mass is 9.97. The third-order valence-corrected chi connectivity index (χ3v) is 5.11. The minimum absolute atomic E-state index is 0.205. The highest BCUT2D eigenvalue weighted by molar-refractivity contribution is 5.86. The number of aromatic nitrogens is 1. The van der Waals surface area contributed by atoms with Crippen molar-refractivity contribution in [2.24, 2.45) is 0 Å². The highest BCUT2D eigenvalue weighted by Gasteiger charge is 2.33. The number of para-hydroxylation sites is 1. The van der Waals surface area contributed by atoms with E-state index in [-0.39, 0.29) is 19.0 Å². The van der Waals surface area contributed by atoms with Crippen LogP contribution in [0, 0.1) is 5.82 Å². The molecular weight excluding hydrogens is 335 g/mol. The average molecular weight is 354 g/mol. The molecule has 0 unspecified atom stereocenters. The van der Waals surface area contributed by atoms with Crippen LogP contribution < -0.4 is 0 Å². The van der Waals surface area contributed by atoms with Crippen molar-refractivity contribution in [2.45, 2.75) is 25.6 Å². The molecule has 26 heavy (non-hydrogen) atoms. The van der Waals surface area contributed by atoms with Gasteiger partial charge in [-0.15, -0.1) is 0 Å². The fourth-order valence-electron chi connectivity index (χ4n) is 3.81. The lowest BCUT2D eigenvalue weighted by Crippen LogP contribution is -2.46. The Kier molecular flexibility index (Phi) is 4.12.